The molecule has 0 aromatic carbocycles. The van der Waals surface area contributed by atoms with E-state index in [1.807, 2.05) is 0 Å². The fraction of sp³-hybridized carbons (Fsp3) is 0.667. The fourth-order valence-corrected chi connectivity index (χ4v) is 0.703. The molecule has 11 heavy (non-hydrogen) atoms. The number of hydrogen-bond donors (Lipinski definition) is 0. The Balaban J connectivity index is 2.84. The average Bonchev–Trinajstić information content (AvgIpc) is 1.84. The first-order valence-corrected chi connectivity index (χ1v) is 3.37. The van der Waals surface area contributed by atoms with Crippen LogP contribution in [0.4, 0.5) is 0 Å². The van der Waals surface area contributed by atoms with Gasteiger partial charge in [-0.3, -0.25) is 9.59 Å². The third kappa shape index (κ3) is 1.22. The molecular weight excluding hydrogens is 147 g/mol. The third-order valence-electron chi connectivity index (χ3n) is 1.57. The van der Waals surface area contributed by atoms with Gasteiger partial charge in [0.25, 0.3) is 0 Å². The van der Waals surface area contributed by atoms with Crippen molar-refractivity contribution in [1.29, 1.82) is 0 Å². The maximum absolute atomic E-state index is 11.0. The van der Waals surface area contributed by atoms with Crippen molar-refractivity contribution < 1.29 is 18.9 Å². The lowest BCUT2D eigenvalue weighted by atomic mass is 9.85. The molecule has 1 saturated heterocycles. The van der Waals surface area contributed by atoms with Crippen LogP contribution in [0.3, 0.4) is 0 Å². The van der Waals surface area contributed by atoms with E-state index in [0.717, 1.165) is 0 Å². The summed E-state index contributed by atoms with van der Waals surface area (Å²) >= 11 is 0. The lowest BCUT2D eigenvalue weighted by Gasteiger charge is -2.28. The summed E-state index contributed by atoms with van der Waals surface area (Å²) in [6.45, 7) is 4.46. The molecule has 0 aromatic heterocycles. The lowest BCUT2D eigenvalue weighted by molar-refractivity contribution is -0.166. The molecule has 0 bridgehead atoms. The van der Waals surface area contributed by atoms with Gasteiger partial charge in [-0.25, -0.2) is 0 Å². The van der Waals surface area contributed by atoms with Crippen LogP contribution in [0.1, 0.15) is 13.8 Å². The van der Waals surface area contributed by atoms with Crippen molar-refractivity contribution in [2.75, 3.05) is 0 Å². The molecule has 1 rings (SSSR count). The number of hydrogen-bond acceptors (Lipinski definition) is 4. The van der Waals surface area contributed by atoms with Crippen LogP contribution in [0.5, 0.6) is 0 Å². The highest BCUT2D eigenvalue weighted by Gasteiger charge is 2.46. The highest BCUT2D eigenvalue weighted by atomic mass is 16.7. The van der Waals surface area contributed by atoms with E-state index < -0.39 is 24.5 Å². The molecule has 60 valence electrons. The van der Waals surface area contributed by atoms with Crippen LogP contribution in [0, 0.1) is 5.41 Å². The van der Waals surface area contributed by atoms with Gasteiger partial charge in [0.1, 0.15) is 0 Å². The van der Waals surface area contributed by atoms with Gasteiger partial charge in [0.2, 0.25) is 0 Å². The van der Waals surface area contributed by atoms with E-state index in [4.69, 9.17) is 0 Å². The Hall–Kier alpha value is -0.995. The second-order valence-electron chi connectivity index (χ2n) is 3.00. The van der Waals surface area contributed by atoms with Crippen molar-refractivity contribution in [3.05, 3.63) is 0 Å². The molecule has 1 aliphatic rings. The van der Waals surface area contributed by atoms with Crippen molar-refractivity contribution in [1.82, 2.24) is 0 Å². The second kappa shape index (κ2) is 2.25. The Morgan fingerprint density at radius 1 is 1.18 bits per heavy atom. The van der Waals surface area contributed by atoms with Crippen LogP contribution in [0.15, 0.2) is 0 Å². The van der Waals surface area contributed by atoms with Gasteiger partial charge >= 0.3 is 19.1 Å². The van der Waals surface area contributed by atoms with E-state index in [2.05, 4.69) is 9.31 Å². The van der Waals surface area contributed by atoms with Crippen molar-refractivity contribution >= 4 is 19.1 Å². The minimum Gasteiger partial charge on any atom is -0.498 e. The Labute approximate surface area is 65.0 Å². The molecule has 0 saturated carbocycles. The van der Waals surface area contributed by atoms with E-state index in [-0.39, 0.29) is 0 Å². The SMILES string of the molecule is CB1OC(=O)C(C)(C)C(=O)O1. The summed E-state index contributed by atoms with van der Waals surface area (Å²) < 4.78 is 9.38. The van der Waals surface area contributed by atoms with Gasteiger partial charge in [0.15, 0.2) is 5.41 Å². The Morgan fingerprint density at radius 3 is 1.91 bits per heavy atom. The van der Waals surface area contributed by atoms with Gasteiger partial charge in [-0.2, -0.15) is 0 Å². The van der Waals surface area contributed by atoms with Crippen molar-refractivity contribution in [2.24, 2.45) is 5.41 Å². The maximum Gasteiger partial charge on any atom is 0.595 e. The predicted molar refractivity (Wildman–Crippen MR) is 37.6 cm³/mol. The van der Waals surface area contributed by atoms with E-state index >= 15 is 0 Å². The fourth-order valence-electron chi connectivity index (χ4n) is 0.703. The van der Waals surface area contributed by atoms with E-state index in [9.17, 15) is 9.59 Å². The smallest absolute Gasteiger partial charge is 0.498 e. The zero-order valence-electron chi connectivity index (χ0n) is 6.71. The quantitative estimate of drug-likeness (QED) is 0.372. The van der Waals surface area contributed by atoms with Crippen LogP contribution in [-0.4, -0.2) is 19.1 Å². The minimum absolute atomic E-state index is 0.527. The molecule has 1 fully saturated rings. The second-order valence-corrected chi connectivity index (χ2v) is 3.00. The molecule has 0 unspecified atom stereocenters. The summed E-state index contributed by atoms with van der Waals surface area (Å²) in [7, 11) is -0.747. The molecule has 1 aliphatic heterocycles. The van der Waals surface area contributed by atoms with Crippen molar-refractivity contribution in [2.45, 2.75) is 20.7 Å². The summed E-state index contributed by atoms with van der Waals surface area (Å²) in [6, 6.07) is 0. The number of carbonyl (C=O) groups is 2. The summed E-state index contributed by atoms with van der Waals surface area (Å²) in [5.74, 6) is -1.05. The highest BCUT2D eigenvalue weighted by Crippen LogP contribution is 2.24. The number of rotatable bonds is 0. The molecule has 4 nitrogen and oxygen atoms in total. The first-order chi connectivity index (χ1) is 4.94. The van der Waals surface area contributed by atoms with E-state index in [0.29, 0.717) is 0 Å². The normalized spacial score (nSPS) is 22.6. The van der Waals surface area contributed by atoms with E-state index in [1.165, 1.54) is 20.7 Å². The van der Waals surface area contributed by atoms with Crippen LogP contribution >= 0.6 is 0 Å². The Bertz CT molecular complexity index is 191. The van der Waals surface area contributed by atoms with Gasteiger partial charge in [0, 0.05) is 0 Å². The molecule has 0 radical (unpaired) electrons. The summed E-state index contributed by atoms with van der Waals surface area (Å²) in [4.78, 5) is 22.0. The number of carbonyl (C=O) groups excluding carboxylic acids is 2. The molecule has 0 spiro atoms. The molecule has 0 N–H and O–H groups in total. The van der Waals surface area contributed by atoms with Crippen molar-refractivity contribution in [3.63, 3.8) is 0 Å². The Kier molecular flexibility index (Phi) is 1.66. The van der Waals surface area contributed by atoms with Crippen LogP contribution in [0.2, 0.25) is 6.82 Å². The first-order valence-electron chi connectivity index (χ1n) is 3.37. The lowest BCUT2D eigenvalue weighted by Crippen LogP contribution is -2.47. The first kappa shape index (κ1) is 8.10. The molecule has 0 aromatic rings. The van der Waals surface area contributed by atoms with Gasteiger partial charge in [0.05, 0.1) is 0 Å². The molecule has 0 atom stereocenters. The van der Waals surface area contributed by atoms with Gasteiger partial charge < -0.3 is 9.31 Å². The largest absolute Gasteiger partial charge is 0.595 e. The van der Waals surface area contributed by atoms with Gasteiger partial charge in [-0.15, -0.1) is 0 Å². The molecule has 0 amide bonds. The molecule has 5 heteroatoms. The highest BCUT2D eigenvalue weighted by molar-refractivity contribution is 6.49. The monoisotopic (exact) mass is 156 g/mol. The standard InChI is InChI=1S/C6H9BO4/c1-6(2)4(8)10-7(3)11-5(6)9/h1-3H3. The zero-order chi connectivity index (χ0) is 8.65. The Morgan fingerprint density at radius 2 is 1.55 bits per heavy atom. The predicted octanol–water partition coefficient (Wildman–Crippen LogP) is 0.231. The van der Waals surface area contributed by atoms with Crippen LogP contribution in [0.25, 0.3) is 0 Å². The van der Waals surface area contributed by atoms with Gasteiger partial charge in [-0.05, 0) is 20.7 Å². The third-order valence-corrected chi connectivity index (χ3v) is 1.57. The molecule has 0 aliphatic carbocycles. The molecular formula is C6H9BO4. The summed E-state index contributed by atoms with van der Waals surface area (Å²) in [6.07, 6.45) is 0. The summed E-state index contributed by atoms with van der Waals surface area (Å²) in [5, 5.41) is 0. The van der Waals surface area contributed by atoms with E-state index in [1.54, 1.807) is 0 Å². The van der Waals surface area contributed by atoms with Crippen molar-refractivity contribution in [3.8, 4) is 0 Å². The topological polar surface area (TPSA) is 52.6 Å². The van der Waals surface area contributed by atoms with Crippen LogP contribution < -0.4 is 0 Å². The molecule has 1 heterocycles. The van der Waals surface area contributed by atoms with Crippen LogP contribution in [-0.2, 0) is 18.9 Å². The minimum atomic E-state index is -1.15. The average molecular weight is 156 g/mol. The maximum atomic E-state index is 11.0. The zero-order valence-corrected chi connectivity index (χ0v) is 6.71. The summed E-state index contributed by atoms with van der Waals surface area (Å²) in [5.41, 5.74) is -1.15. The van der Waals surface area contributed by atoms with Gasteiger partial charge in [-0.1, -0.05) is 0 Å².